The van der Waals surface area contributed by atoms with Gasteiger partial charge in [-0.2, -0.15) is 0 Å². The minimum atomic E-state index is -0.530. The molecule has 0 spiro atoms. The average molecular weight is 288 g/mol. The van der Waals surface area contributed by atoms with Crippen LogP contribution in [-0.4, -0.2) is 25.7 Å². The van der Waals surface area contributed by atoms with Gasteiger partial charge >= 0.3 is 0 Å². The van der Waals surface area contributed by atoms with Gasteiger partial charge in [0.1, 0.15) is 22.7 Å². The molecule has 0 saturated carbocycles. The van der Waals surface area contributed by atoms with E-state index in [9.17, 15) is 9.18 Å². The summed E-state index contributed by atoms with van der Waals surface area (Å²) in [5.74, 6) is -0.849. The molecule has 0 unspecified atom stereocenters. The third-order valence-corrected chi connectivity index (χ3v) is 3.79. The van der Waals surface area contributed by atoms with Gasteiger partial charge in [0.05, 0.1) is 11.9 Å². The summed E-state index contributed by atoms with van der Waals surface area (Å²) >= 11 is 1.21. The third-order valence-electron chi connectivity index (χ3n) is 2.72. The summed E-state index contributed by atoms with van der Waals surface area (Å²) in [6.45, 7) is 1.34. The molecular formula is C13H9FN4OS. The fourth-order valence-electron chi connectivity index (χ4n) is 1.86. The number of carbonyl (C=O) groups excluding carboxylic acids is 1. The highest BCUT2D eigenvalue weighted by Gasteiger charge is 2.16. The Labute approximate surface area is 117 Å². The summed E-state index contributed by atoms with van der Waals surface area (Å²) < 4.78 is 13.8. The molecule has 3 rings (SSSR count). The lowest BCUT2D eigenvalue weighted by Gasteiger charge is -2.07. The molecule has 1 aromatic carbocycles. The highest BCUT2D eigenvalue weighted by atomic mass is 32.2. The van der Waals surface area contributed by atoms with Gasteiger partial charge in [-0.3, -0.25) is 4.79 Å². The summed E-state index contributed by atoms with van der Waals surface area (Å²) in [5.41, 5.74) is 1.27. The first-order valence-corrected chi connectivity index (χ1v) is 6.60. The zero-order valence-corrected chi connectivity index (χ0v) is 11.2. The van der Waals surface area contributed by atoms with Gasteiger partial charge in [-0.25, -0.2) is 19.3 Å². The van der Waals surface area contributed by atoms with Crippen LogP contribution < -0.4 is 0 Å². The molecule has 5 nitrogen and oxygen atoms in total. The van der Waals surface area contributed by atoms with E-state index in [1.165, 1.54) is 37.4 Å². The van der Waals surface area contributed by atoms with E-state index >= 15 is 0 Å². The summed E-state index contributed by atoms with van der Waals surface area (Å²) in [5, 5.41) is 0.598. The molecule has 2 heterocycles. The number of aromatic amines is 1. The Bertz CT molecular complexity index is 802. The van der Waals surface area contributed by atoms with Gasteiger partial charge in [-0.1, -0.05) is 17.8 Å². The van der Waals surface area contributed by atoms with Crippen molar-refractivity contribution in [2.45, 2.75) is 16.8 Å². The molecule has 100 valence electrons. The van der Waals surface area contributed by atoms with Crippen LogP contribution in [0.5, 0.6) is 0 Å². The maximum absolute atomic E-state index is 13.8. The van der Waals surface area contributed by atoms with Gasteiger partial charge in [-0.15, -0.1) is 0 Å². The molecule has 3 aromatic rings. The molecule has 0 saturated heterocycles. The first-order chi connectivity index (χ1) is 9.66. The van der Waals surface area contributed by atoms with Crippen molar-refractivity contribution in [3.63, 3.8) is 0 Å². The summed E-state index contributed by atoms with van der Waals surface area (Å²) in [6.07, 6.45) is 2.90. The predicted octanol–water partition coefficient (Wildman–Crippen LogP) is 2.85. The topological polar surface area (TPSA) is 71.5 Å². The fraction of sp³-hybridized carbons (Fsp3) is 0.0769. The second kappa shape index (κ2) is 5.01. The number of hydrogen-bond donors (Lipinski definition) is 1. The van der Waals surface area contributed by atoms with E-state index in [1.807, 2.05) is 0 Å². The van der Waals surface area contributed by atoms with E-state index < -0.39 is 5.82 Å². The van der Waals surface area contributed by atoms with Crippen molar-refractivity contribution in [3.8, 4) is 0 Å². The van der Waals surface area contributed by atoms with Crippen LogP contribution in [0.25, 0.3) is 11.2 Å². The Morgan fingerprint density at radius 2 is 2.15 bits per heavy atom. The maximum atomic E-state index is 13.8. The normalized spacial score (nSPS) is 10.9. The molecule has 7 heteroatoms. The van der Waals surface area contributed by atoms with E-state index in [-0.39, 0.29) is 11.3 Å². The first kappa shape index (κ1) is 12.7. The lowest BCUT2D eigenvalue weighted by atomic mass is 10.1. The number of rotatable bonds is 3. The molecule has 0 radical (unpaired) electrons. The number of imidazole rings is 1. The van der Waals surface area contributed by atoms with Gasteiger partial charge in [0, 0.05) is 4.90 Å². The summed E-state index contributed by atoms with van der Waals surface area (Å²) in [4.78, 5) is 27.2. The van der Waals surface area contributed by atoms with Gasteiger partial charge in [0.15, 0.2) is 11.4 Å². The molecule has 0 aliphatic carbocycles. The monoisotopic (exact) mass is 288 g/mol. The van der Waals surface area contributed by atoms with E-state index in [4.69, 9.17) is 0 Å². The molecule has 0 fully saturated rings. The Balaban J connectivity index is 2.10. The van der Waals surface area contributed by atoms with Gasteiger partial charge in [0.2, 0.25) is 0 Å². The molecule has 0 aliphatic heterocycles. The smallest absolute Gasteiger partial charge is 0.181 e. The number of ketones is 1. The van der Waals surface area contributed by atoms with Crippen LogP contribution in [0.3, 0.4) is 0 Å². The number of hydrogen-bond acceptors (Lipinski definition) is 5. The Morgan fingerprint density at radius 3 is 2.95 bits per heavy atom. The molecule has 1 N–H and O–H groups in total. The summed E-state index contributed by atoms with van der Waals surface area (Å²) in [7, 11) is 0. The Kier molecular flexibility index (Phi) is 3.19. The van der Waals surface area contributed by atoms with Crippen molar-refractivity contribution in [1.29, 1.82) is 0 Å². The van der Waals surface area contributed by atoms with E-state index in [0.717, 1.165) is 0 Å². The number of halogens is 1. The van der Waals surface area contributed by atoms with Gasteiger partial charge < -0.3 is 4.98 Å². The minimum Gasteiger partial charge on any atom is -0.341 e. The number of nitrogens with zero attached hydrogens (tertiary/aromatic N) is 3. The summed E-state index contributed by atoms with van der Waals surface area (Å²) in [6, 6.07) is 4.52. The van der Waals surface area contributed by atoms with Crippen molar-refractivity contribution in [2.75, 3.05) is 0 Å². The van der Waals surface area contributed by atoms with Crippen molar-refractivity contribution >= 4 is 28.7 Å². The Morgan fingerprint density at radius 1 is 1.30 bits per heavy atom. The average Bonchev–Trinajstić information content (AvgIpc) is 2.87. The zero-order valence-electron chi connectivity index (χ0n) is 10.4. The number of aromatic nitrogens is 4. The third kappa shape index (κ3) is 2.16. The van der Waals surface area contributed by atoms with Gasteiger partial charge in [-0.05, 0) is 19.1 Å². The zero-order chi connectivity index (χ0) is 14.1. The van der Waals surface area contributed by atoms with Crippen molar-refractivity contribution in [2.24, 2.45) is 0 Å². The maximum Gasteiger partial charge on any atom is 0.181 e. The molecular weight excluding hydrogens is 279 g/mol. The second-order valence-corrected chi connectivity index (χ2v) is 5.08. The number of Topliss-reactive ketones (excluding diaryl/α,β-unsaturated/α-hetero) is 1. The fourth-order valence-corrected chi connectivity index (χ4v) is 2.91. The van der Waals surface area contributed by atoms with E-state index in [2.05, 4.69) is 19.9 Å². The van der Waals surface area contributed by atoms with E-state index in [1.54, 1.807) is 12.1 Å². The number of fused-ring (bicyclic) bond motifs is 1. The number of nitrogens with one attached hydrogen (secondary N) is 1. The number of carbonyl (C=O) groups is 1. The van der Waals surface area contributed by atoms with Crippen LogP contribution in [0.1, 0.15) is 17.3 Å². The van der Waals surface area contributed by atoms with Crippen LogP contribution in [0.4, 0.5) is 4.39 Å². The first-order valence-electron chi connectivity index (χ1n) is 5.78. The van der Waals surface area contributed by atoms with Gasteiger partial charge in [0.25, 0.3) is 0 Å². The van der Waals surface area contributed by atoms with Crippen molar-refractivity contribution in [3.05, 3.63) is 42.2 Å². The van der Waals surface area contributed by atoms with Crippen LogP contribution in [-0.2, 0) is 0 Å². The minimum absolute atomic E-state index is 0.0729. The highest BCUT2D eigenvalue weighted by Crippen LogP contribution is 2.33. The molecule has 20 heavy (non-hydrogen) atoms. The molecule has 0 amide bonds. The molecule has 0 aliphatic rings. The Hall–Kier alpha value is -2.28. The standard InChI is InChI=1S/C13H9FN4OS/c1-7(19)10-8(14)3-2-4-9(10)20-13-11-12(16-5-15-11)17-6-18-13/h2-6H,1H3,(H,15,16,17,18). The lowest BCUT2D eigenvalue weighted by molar-refractivity contribution is 0.101. The quantitative estimate of drug-likeness (QED) is 0.592. The van der Waals surface area contributed by atoms with Crippen LogP contribution >= 0.6 is 11.8 Å². The SMILES string of the molecule is CC(=O)c1c(F)cccc1Sc1ncnc2nc[nH]c12. The number of benzene rings is 1. The highest BCUT2D eigenvalue weighted by molar-refractivity contribution is 7.99. The van der Waals surface area contributed by atoms with E-state index in [0.29, 0.717) is 21.1 Å². The largest absolute Gasteiger partial charge is 0.341 e. The van der Waals surface area contributed by atoms with Crippen molar-refractivity contribution in [1.82, 2.24) is 19.9 Å². The van der Waals surface area contributed by atoms with Crippen molar-refractivity contribution < 1.29 is 9.18 Å². The second-order valence-electron chi connectivity index (χ2n) is 4.05. The molecule has 0 atom stereocenters. The number of H-pyrrole nitrogens is 1. The van der Waals surface area contributed by atoms with Crippen LogP contribution in [0.2, 0.25) is 0 Å². The molecule has 2 aromatic heterocycles. The lowest BCUT2D eigenvalue weighted by Crippen LogP contribution is -2.00. The molecule has 0 bridgehead atoms. The predicted molar refractivity (Wildman–Crippen MR) is 72.2 cm³/mol. The van der Waals surface area contributed by atoms with Crippen LogP contribution in [0, 0.1) is 5.82 Å². The van der Waals surface area contributed by atoms with Crippen LogP contribution in [0.15, 0.2) is 40.8 Å².